The number of allylic oxidation sites excluding steroid dienone is 1. The highest BCUT2D eigenvalue weighted by Crippen LogP contribution is 2.55. The Hall–Kier alpha value is -3.41. The fraction of sp³-hybridized carbons (Fsp3) is 0.280. The molecular weight excluding hydrogens is 393 g/mol. The molecule has 1 N–H and O–H groups in total. The number of aliphatic hydroxyl groups excluding tert-OH is 1. The van der Waals surface area contributed by atoms with Crippen molar-refractivity contribution in [1.29, 1.82) is 0 Å². The maximum Gasteiger partial charge on any atom is 0.165 e. The molecule has 3 atom stereocenters. The number of aromatic nitrogens is 3. The van der Waals surface area contributed by atoms with Gasteiger partial charge in [0.1, 0.15) is 5.82 Å². The van der Waals surface area contributed by atoms with E-state index >= 15 is 0 Å². The summed E-state index contributed by atoms with van der Waals surface area (Å²) in [5, 5.41) is 9.87. The quantitative estimate of drug-likeness (QED) is 0.490. The van der Waals surface area contributed by atoms with Gasteiger partial charge in [-0.05, 0) is 60.6 Å². The number of pyridine rings is 1. The first-order valence-corrected chi connectivity index (χ1v) is 10.4. The van der Waals surface area contributed by atoms with E-state index in [0.29, 0.717) is 17.8 Å². The molecular formula is C25H22FN3O2. The van der Waals surface area contributed by atoms with Gasteiger partial charge in [0.25, 0.3) is 0 Å². The van der Waals surface area contributed by atoms with Gasteiger partial charge < -0.3 is 5.11 Å². The molecule has 0 saturated heterocycles. The number of rotatable bonds is 2. The number of Topliss-reactive ketones (excluding diaryl/α,β-unsaturated/α-hetero) is 1. The highest BCUT2D eigenvalue weighted by Gasteiger charge is 2.54. The van der Waals surface area contributed by atoms with Crippen LogP contribution in [0.15, 0.2) is 66.8 Å². The van der Waals surface area contributed by atoms with Gasteiger partial charge in [-0.2, -0.15) is 0 Å². The lowest BCUT2D eigenvalue weighted by molar-refractivity contribution is -0.123. The summed E-state index contributed by atoms with van der Waals surface area (Å²) >= 11 is 0. The van der Waals surface area contributed by atoms with Crippen LogP contribution < -0.4 is 0 Å². The van der Waals surface area contributed by atoms with Gasteiger partial charge in [-0.1, -0.05) is 19.1 Å². The second-order valence-electron chi connectivity index (χ2n) is 8.42. The van der Waals surface area contributed by atoms with E-state index < -0.39 is 5.41 Å². The zero-order valence-corrected chi connectivity index (χ0v) is 17.1. The smallest absolute Gasteiger partial charge is 0.165 e. The summed E-state index contributed by atoms with van der Waals surface area (Å²) in [4.78, 5) is 26.7. The largest absolute Gasteiger partial charge is 0.515 e. The van der Waals surface area contributed by atoms with Crippen molar-refractivity contribution in [2.75, 3.05) is 0 Å². The van der Waals surface area contributed by atoms with E-state index in [2.05, 4.69) is 9.97 Å². The summed E-state index contributed by atoms with van der Waals surface area (Å²) in [6, 6.07) is 10.2. The maximum atomic E-state index is 13.8. The van der Waals surface area contributed by atoms with Crippen LogP contribution in [-0.4, -0.2) is 25.8 Å². The third-order valence-corrected chi connectivity index (χ3v) is 6.88. The molecule has 0 unspecified atom stereocenters. The van der Waals surface area contributed by atoms with Crippen LogP contribution in [-0.2, 0) is 16.6 Å². The molecule has 1 fully saturated rings. The van der Waals surface area contributed by atoms with Crippen molar-refractivity contribution >= 4 is 5.78 Å². The molecule has 156 valence electrons. The van der Waals surface area contributed by atoms with Crippen LogP contribution in [0.3, 0.4) is 0 Å². The van der Waals surface area contributed by atoms with E-state index in [4.69, 9.17) is 4.98 Å². The Morgan fingerprint density at radius 1 is 1.19 bits per heavy atom. The number of carbonyl (C=O) groups is 1. The molecule has 0 aliphatic heterocycles. The lowest BCUT2D eigenvalue weighted by Gasteiger charge is -2.50. The van der Waals surface area contributed by atoms with Gasteiger partial charge >= 0.3 is 0 Å². The van der Waals surface area contributed by atoms with Crippen LogP contribution >= 0.6 is 0 Å². The van der Waals surface area contributed by atoms with E-state index in [1.807, 2.05) is 25.3 Å². The predicted octanol–water partition coefficient (Wildman–Crippen LogP) is 4.58. The minimum Gasteiger partial charge on any atom is -0.515 e. The zero-order valence-electron chi connectivity index (χ0n) is 17.1. The Morgan fingerprint density at radius 2 is 2.00 bits per heavy atom. The van der Waals surface area contributed by atoms with Gasteiger partial charge in [-0.3, -0.25) is 9.78 Å². The molecule has 31 heavy (non-hydrogen) atoms. The molecule has 6 heteroatoms. The van der Waals surface area contributed by atoms with Crippen molar-refractivity contribution in [1.82, 2.24) is 15.0 Å². The minimum atomic E-state index is -0.650. The molecule has 1 aromatic carbocycles. The molecule has 0 amide bonds. The molecule has 0 bridgehead atoms. The van der Waals surface area contributed by atoms with Crippen LogP contribution in [0.25, 0.3) is 11.4 Å². The number of halogens is 1. The number of hydrogen-bond acceptors (Lipinski definition) is 5. The second-order valence-corrected chi connectivity index (χ2v) is 8.42. The average Bonchev–Trinajstić information content (AvgIpc) is 2.81. The van der Waals surface area contributed by atoms with E-state index in [0.717, 1.165) is 41.5 Å². The average molecular weight is 415 g/mol. The van der Waals surface area contributed by atoms with Gasteiger partial charge in [0.15, 0.2) is 11.6 Å². The van der Waals surface area contributed by atoms with Crippen molar-refractivity contribution in [3.05, 3.63) is 89.5 Å². The molecule has 2 aliphatic carbocycles. The van der Waals surface area contributed by atoms with Crippen molar-refractivity contribution < 1.29 is 14.3 Å². The lowest BCUT2D eigenvalue weighted by atomic mass is 9.52. The van der Waals surface area contributed by atoms with E-state index in [1.54, 1.807) is 24.5 Å². The summed E-state index contributed by atoms with van der Waals surface area (Å²) in [5.74, 6) is -0.0897. The number of fused-ring (bicyclic) bond motifs is 3. The van der Waals surface area contributed by atoms with Gasteiger partial charge in [0, 0.05) is 41.1 Å². The maximum absolute atomic E-state index is 13.8. The van der Waals surface area contributed by atoms with E-state index in [1.165, 1.54) is 12.1 Å². The third-order valence-electron chi connectivity index (χ3n) is 6.88. The SMILES string of the molecule is C[C@@H]1C(=O)C(=CO)C[C@]2(c3ccc(F)cc3)c3nc(-c4cccnc4)ncc3CC[C@@H]12. The molecule has 3 aromatic rings. The molecule has 0 spiro atoms. The second kappa shape index (κ2) is 7.38. The highest BCUT2D eigenvalue weighted by molar-refractivity contribution is 5.98. The van der Waals surface area contributed by atoms with Gasteiger partial charge in [-0.25, -0.2) is 14.4 Å². The fourth-order valence-corrected chi connectivity index (χ4v) is 5.41. The summed E-state index contributed by atoms with van der Waals surface area (Å²) in [7, 11) is 0. The van der Waals surface area contributed by atoms with Gasteiger partial charge in [0.2, 0.25) is 0 Å². The molecule has 5 rings (SSSR count). The monoisotopic (exact) mass is 415 g/mol. The standard InChI is InChI=1S/C25H22FN3O2/c1-15-21-9-4-16-13-28-24(17-3-2-10-27-12-17)29-23(16)25(21,11-18(14-30)22(15)31)19-5-7-20(26)8-6-19/h2-3,5-8,10,12-15,21,30H,4,9,11H2,1H3/t15-,21-,25+/m0/s1. The molecule has 2 heterocycles. The number of hydrogen-bond donors (Lipinski definition) is 1. The van der Waals surface area contributed by atoms with Crippen molar-refractivity contribution in [2.24, 2.45) is 11.8 Å². The Labute approximate surface area is 179 Å². The number of benzene rings is 1. The number of carbonyl (C=O) groups excluding carboxylic acids is 1. The van der Waals surface area contributed by atoms with E-state index in [9.17, 15) is 14.3 Å². The first-order valence-electron chi connectivity index (χ1n) is 10.4. The Morgan fingerprint density at radius 3 is 2.71 bits per heavy atom. The third kappa shape index (κ3) is 2.97. The van der Waals surface area contributed by atoms with Crippen LogP contribution in [0.5, 0.6) is 0 Å². The Bertz CT molecular complexity index is 1180. The van der Waals surface area contributed by atoms with Crippen LogP contribution in [0, 0.1) is 17.7 Å². The number of ketones is 1. The highest BCUT2D eigenvalue weighted by atomic mass is 19.1. The fourth-order valence-electron chi connectivity index (χ4n) is 5.41. The summed E-state index contributed by atoms with van der Waals surface area (Å²) in [6.45, 7) is 1.92. The van der Waals surface area contributed by atoms with Gasteiger partial charge in [0.05, 0.1) is 12.0 Å². The molecule has 1 saturated carbocycles. The topological polar surface area (TPSA) is 76.0 Å². The van der Waals surface area contributed by atoms with Crippen LogP contribution in [0.2, 0.25) is 0 Å². The van der Waals surface area contributed by atoms with Crippen molar-refractivity contribution in [3.8, 4) is 11.4 Å². The minimum absolute atomic E-state index is 0.0155. The zero-order chi connectivity index (χ0) is 21.6. The summed E-state index contributed by atoms with van der Waals surface area (Å²) in [6.07, 6.45) is 8.09. The van der Waals surface area contributed by atoms with Crippen LogP contribution in [0.1, 0.15) is 36.6 Å². The van der Waals surface area contributed by atoms with Crippen molar-refractivity contribution in [3.63, 3.8) is 0 Å². The number of aliphatic hydroxyl groups is 1. The predicted molar refractivity (Wildman–Crippen MR) is 114 cm³/mol. The lowest BCUT2D eigenvalue weighted by Crippen LogP contribution is -2.51. The molecule has 2 aliphatic rings. The first kappa shape index (κ1) is 19.5. The Balaban J connectivity index is 1.78. The molecule has 0 radical (unpaired) electrons. The van der Waals surface area contributed by atoms with Gasteiger partial charge in [-0.15, -0.1) is 0 Å². The van der Waals surface area contributed by atoms with Crippen molar-refractivity contribution in [2.45, 2.75) is 31.6 Å². The molecule has 5 nitrogen and oxygen atoms in total. The first-order chi connectivity index (χ1) is 15.0. The summed E-state index contributed by atoms with van der Waals surface area (Å²) < 4.78 is 13.8. The van der Waals surface area contributed by atoms with E-state index in [-0.39, 0.29) is 23.4 Å². The number of aryl methyl sites for hydroxylation is 1. The summed E-state index contributed by atoms with van der Waals surface area (Å²) in [5.41, 5.74) is 3.30. The van der Waals surface area contributed by atoms with Crippen LogP contribution in [0.4, 0.5) is 4.39 Å². The Kier molecular flexibility index (Phi) is 4.65. The normalized spacial score (nSPS) is 26.4. The number of nitrogens with zero attached hydrogens (tertiary/aromatic N) is 3. The molecule has 2 aromatic heterocycles.